The first-order chi connectivity index (χ1) is 13.4. The van der Waals surface area contributed by atoms with E-state index in [-0.39, 0.29) is 22.4 Å². The molecule has 0 atom stereocenters. The highest BCUT2D eigenvalue weighted by molar-refractivity contribution is 7.89. The minimum Gasteiger partial charge on any atom is -0.496 e. The van der Waals surface area contributed by atoms with E-state index in [9.17, 15) is 13.2 Å². The second kappa shape index (κ2) is 9.27. The fraction of sp³-hybridized carbons (Fsp3) is 0.667. The highest BCUT2D eigenvalue weighted by Gasteiger charge is 2.29. The number of benzene rings is 1. The average Bonchev–Trinajstić information content (AvgIpc) is 2.96. The number of methoxy groups -OCH3 is 1. The molecule has 2 fully saturated rings. The third-order valence-corrected chi connectivity index (χ3v) is 7.88. The molecule has 1 aromatic carbocycles. The van der Waals surface area contributed by atoms with Crippen LogP contribution in [0, 0.1) is 5.92 Å². The van der Waals surface area contributed by atoms with Gasteiger partial charge in [0, 0.05) is 19.1 Å². The Labute approximate surface area is 168 Å². The lowest BCUT2D eigenvalue weighted by Gasteiger charge is -2.29. The number of piperidine rings is 1. The summed E-state index contributed by atoms with van der Waals surface area (Å²) in [5, 5.41) is 3.09. The number of nitrogens with zero attached hydrogens (tertiary/aromatic N) is 1. The van der Waals surface area contributed by atoms with Gasteiger partial charge in [0.2, 0.25) is 10.0 Å². The summed E-state index contributed by atoms with van der Waals surface area (Å²) in [5.41, 5.74) is 0.290. The molecular weight excluding hydrogens is 376 g/mol. The summed E-state index contributed by atoms with van der Waals surface area (Å²) in [5.74, 6) is 0.689. The van der Waals surface area contributed by atoms with Gasteiger partial charge in [-0.2, -0.15) is 4.31 Å². The molecule has 1 aromatic rings. The summed E-state index contributed by atoms with van der Waals surface area (Å²) in [6.45, 7) is 3.20. The first kappa shape index (κ1) is 21.1. The minimum atomic E-state index is -3.61. The fourth-order valence-corrected chi connectivity index (χ4v) is 5.58. The molecule has 156 valence electrons. The van der Waals surface area contributed by atoms with Gasteiger partial charge >= 0.3 is 0 Å². The molecule has 1 saturated carbocycles. The van der Waals surface area contributed by atoms with Crippen molar-refractivity contribution in [3.63, 3.8) is 0 Å². The Hall–Kier alpha value is -1.60. The number of hydrogen-bond acceptors (Lipinski definition) is 4. The standard InChI is InChI=1S/C21H32N2O4S/c1-16-11-13-23(14-12-16)28(25,26)18-9-10-20(27-2)19(15-18)21(24)22-17-7-5-3-4-6-8-17/h9-10,15-17H,3-8,11-14H2,1-2H3,(H,22,24). The zero-order valence-electron chi connectivity index (χ0n) is 16.9. The van der Waals surface area contributed by atoms with Gasteiger partial charge in [-0.25, -0.2) is 8.42 Å². The van der Waals surface area contributed by atoms with Gasteiger partial charge < -0.3 is 10.1 Å². The van der Waals surface area contributed by atoms with Crippen molar-refractivity contribution in [3.8, 4) is 5.75 Å². The summed E-state index contributed by atoms with van der Waals surface area (Å²) >= 11 is 0. The molecule has 1 aliphatic heterocycles. The third kappa shape index (κ3) is 4.87. The fourth-order valence-electron chi connectivity index (χ4n) is 4.09. The van der Waals surface area contributed by atoms with Gasteiger partial charge in [0.25, 0.3) is 5.91 Å². The van der Waals surface area contributed by atoms with Gasteiger partial charge in [0.05, 0.1) is 17.6 Å². The van der Waals surface area contributed by atoms with Crippen molar-refractivity contribution in [3.05, 3.63) is 23.8 Å². The van der Waals surface area contributed by atoms with E-state index < -0.39 is 10.0 Å². The van der Waals surface area contributed by atoms with Gasteiger partial charge in [-0.3, -0.25) is 4.79 Å². The number of ether oxygens (including phenoxy) is 1. The summed E-state index contributed by atoms with van der Waals surface area (Å²) in [7, 11) is -2.11. The second-order valence-corrected chi connectivity index (χ2v) is 10.0. The molecule has 1 heterocycles. The summed E-state index contributed by atoms with van der Waals surface area (Å²) in [4.78, 5) is 13.1. The molecule has 28 heavy (non-hydrogen) atoms. The van der Waals surface area contributed by atoms with E-state index in [1.165, 1.54) is 36.4 Å². The van der Waals surface area contributed by atoms with Crippen LogP contribution in [0.1, 0.15) is 68.6 Å². The van der Waals surface area contributed by atoms with Crippen molar-refractivity contribution in [1.82, 2.24) is 9.62 Å². The number of rotatable bonds is 5. The summed E-state index contributed by atoms with van der Waals surface area (Å²) in [6.07, 6.45) is 8.31. The monoisotopic (exact) mass is 408 g/mol. The average molecular weight is 409 g/mol. The molecule has 0 radical (unpaired) electrons. The van der Waals surface area contributed by atoms with Crippen molar-refractivity contribution >= 4 is 15.9 Å². The largest absolute Gasteiger partial charge is 0.496 e. The molecule has 1 aliphatic carbocycles. The van der Waals surface area contributed by atoms with Crippen LogP contribution in [-0.2, 0) is 10.0 Å². The zero-order chi connectivity index (χ0) is 20.1. The predicted molar refractivity (Wildman–Crippen MR) is 109 cm³/mol. The topological polar surface area (TPSA) is 75.7 Å². The van der Waals surface area contributed by atoms with E-state index in [1.54, 1.807) is 6.07 Å². The van der Waals surface area contributed by atoms with Crippen LogP contribution in [-0.4, -0.2) is 44.9 Å². The van der Waals surface area contributed by atoms with E-state index >= 15 is 0 Å². The molecule has 2 aliphatic rings. The van der Waals surface area contributed by atoms with Gasteiger partial charge in [-0.05, 0) is 49.8 Å². The highest BCUT2D eigenvalue weighted by atomic mass is 32.2. The molecule has 1 N–H and O–H groups in total. The van der Waals surface area contributed by atoms with Crippen LogP contribution in [0.5, 0.6) is 5.75 Å². The van der Waals surface area contributed by atoms with Crippen LogP contribution in [0.25, 0.3) is 0 Å². The van der Waals surface area contributed by atoms with E-state index in [0.717, 1.165) is 38.5 Å². The molecule has 6 nitrogen and oxygen atoms in total. The first-order valence-corrected chi connectivity index (χ1v) is 11.8. The van der Waals surface area contributed by atoms with Crippen molar-refractivity contribution in [2.45, 2.75) is 69.2 Å². The first-order valence-electron chi connectivity index (χ1n) is 10.4. The molecular formula is C21H32N2O4S. The maximum Gasteiger partial charge on any atom is 0.255 e. The normalized spacial score (nSPS) is 20.5. The number of nitrogens with one attached hydrogen (secondary N) is 1. The van der Waals surface area contributed by atoms with Crippen LogP contribution >= 0.6 is 0 Å². The van der Waals surface area contributed by atoms with Crippen molar-refractivity contribution < 1.29 is 17.9 Å². The molecule has 0 aromatic heterocycles. The number of carbonyl (C=O) groups excluding carboxylic acids is 1. The molecule has 1 amide bonds. The van der Waals surface area contributed by atoms with Gasteiger partial charge in [-0.1, -0.05) is 32.6 Å². The molecule has 1 saturated heterocycles. The Balaban J connectivity index is 1.82. The maximum atomic E-state index is 13.1. The lowest BCUT2D eigenvalue weighted by Crippen LogP contribution is -2.38. The quantitative estimate of drug-likeness (QED) is 0.756. The number of hydrogen-bond donors (Lipinski definition) is 1. The third-order valence-electron chi connectivity index (χ3n) is 5.99. The Morgan fingerprint density at radius 2 is 1.71 bits per heavy atom. The second-order valence-electron chi connectivity index (χ2n) is 8.11. The molecule has 3 rings (SSSR count). The van der Waals surface area contributed by atoms with Crippen molar-refractivity contribution in [2.75, 3.05) is 20.2 Å². The Kier molecular flexibility index (Phi) is 6.99. The molecule has 0 bridgehead atoms. The van der Waals surface area contributed by atoms with Crippen LogP contribution in [0.2, 0.25) is 0 Å². The van der Waals surface area contributed by atoms with Crippen LogP contribution in [0.3, 0.4) is 0 Å². The maximum absolute atomic E-state index is 13.1. The minimum absolute atomic E-state index is 0.142. The molecule has 0 spiro atoms. The van der Waals surface area contributed by atoms with E-state index in [0.29, 0.717) is 24.8 Å². The lowest BCUT2D eigenvalue weighted by atomic mass is 10.0. The zero-order valence-corrected chi connectivity index (χ0v) is 17.8. The van der Waals surface area contributed by atoms with Crippen LogP contribution in [0.15, 0.2) is 23.1 Å². The Morgan fingerprint density at radius 3 is 2.32 bits per heavy atom. The number of carbonyl (C=O) groups is 1. The molecule has 7 heteroatoms. The SMILES string of the molecule is COc1ccc(S(=O)(=O)N2CCC(C)CC2)cc1C(=O)NC1CCCCCC1. The van der Waals surface area contributed by atoms with Crippen LogP contribution in [0.4, 0.5) is 0 Å². The Bertz CT molecular complexity index is 778. The number of amides is 1. The summed E-state index contributed by atoms with van der Waals surface area (Å²) < 4.78 is 33.0. The van der Waals surface area contributed by atoms with Crippen molar-refractivity contribution in [1.29, 1.82) is 0 Å². The van der Waals surface area contributed by atoms with Crippen molar-refractivity contribution in [2.24, 2.45) is 5.92 Å². The predicted octanol–water partition coefficient (Wildman–Crippen LogP) is 3.57. The van der Waals surface area contributed by atoms with E-state index in [2.05, 4.69) is 12.2 Å². The lowest BCUT2D eigenvalue weighted by molar-refractivity contribution is 0.0930. The van der Waals surface area contributed by atoms with Crippen LogP contribution < -0.4 is 10.1 Å². The highest BCUT2D eigenvalue weighted by Crippen LogP contribution is 2.28. The Morgan fingerprint density at radius 1 is 1.07 bits per heavy atom. The summed E-state index contributed by atoms with van der Waals surface area (Å²) in [6, 6.07) is 4.73. The van der Waals surface area contributed by atoms with E-state index in [1.807, 2.05) is 0 Å². The van der Waals surface area contributed by atoms with E-state index in [4.69, 9.17) is 4.74 Å². The number of sulfonamides is 1. The smallest absolute Gasteiger partial charge is 0.255 e. The van der Waals surface area contributed by atoms with Gasteiger partial charge in [0.1, 0.15) is 5.75 Å². The van der Waals surface area contributed by atoms with Gasteiger partial charge in [0.15, 0.2) is 0 Å². The van der Waals surface area contributed by atoms with Gasteiger partial charge in [-0.15, -0.1) is 0 Å². The molecule has 0 unspecified atom stereocenters.